The van der Waals surface area contributed by atoms with Crippen LogP contribution in [0.25, 0.3) is 0 Å². The molecule has 176 valence electrons. The Labute approximate surface area is 240 Å². The maximum atomic E-state index is 11.6. The van der Waals surface area contributed by atoms with Crippen molar-refractivity contribution in [2.75, 3.05) is 6.61 Å². The van der Waals surface area contributed by atoms with Gasteiger partial charge in [0.25, 0.3) is 5.91 Å². The van der Waals surface area contributed by atoms with Crippen LogP contribution in [0.3, 0.4) is 0 Å². The van der Waals surface area contributed by atoms with Crippen molar-refractivity contribution in [2.24, 2.45) is 17.6 Å². The van der Waals surface area contributed by atoms with E-state index < -0.39 is 17.8 Å². The van der Waals surface area contributed by atoms with E-state index in [1.807, 2.05) is 6.07 Å². The fraction of sp³-hybridized carbons (Fsp3) is 0.545. The van der Waals surface area contributed by atoms with Gasteiger partial charge in [-0.2, -0.15) is 15.5 Å². The van der Waals surface area contributed by atoms with E-state index in [0.717, 1.165) is 19.4 Å². The zero-order chi connectivity index (χ0) is 24.0. The number of primary amides is 1. The van der Waals surface area contributed by atoms with Gasteiger partial charge in [-0.3, -0.25) is 14.2 Å². The molecule has 11 nitrogen and oxygen atoms in total. The smallest absolute Gasteiger partial charge is 0.545 e. The monoisotopic (exact) mass is 494 g/mol. The Morgan fingerprint density at radius 3 is 2.00 bits per heavy atom. The average Bonchev–Trinajstić information content (AvgIpc) is 3.33. The number of aromatic nitrogens is 4. The number of carbonyl (C=O) groups excluding carboxylic acids is 3. The molecular formula is C22H27KN6O5. The van der Waals surface area contributed by atoms with Crippen LogP contribution in [0.15, 0.2) is 12.4 Å². The molecule has 0 spiro atoms. The molecule has 0 unspecified atom stereocenters. The predicted molar refractivity (Wildman–Crippen MR) is 113 cm³/mol. The maximum Gasteiger partial charge on any atom is 1.00 e. The van der Waals surface area contributed by atoms with Crippen LogP contribution in [-0.2, 0) is 17.8 Å². The van der Waals surface area contributed by atoms with Gasteiger partial charge in [-0.15, -0.1) is 0 Å². The molecule has 0 atom stereocenters. The summed E-state index contributed by atoms with van der Waals surface area (Å²) in [7, 11) is 0. The molecule has 2 N–H and O–H groups in total. The zero-order valence-corrected chi connectivity index (χ0v) is 22.7. The number of hydrogen-bond donors (Lipinski definition) is 1. The number of esters is 1. The summed E-state index contributed by atoms with van der Waals surface area (Å²) in [5, 5.41) is 27.6. The third-order valence-corrected chi connectivity index (χ3v) is 5.92. The molecule has 2 fully saturated rings. The molecule has 2 saturated carbocycles. The number of carbonyl (C=O) groups is 3. The van der Waals surface area contributed by atoms with Crippen molar-refractivity contribution in [3.05, 3.63) is 34.9 Å². The molecule has 2 aliphatic rings. The molecule has 0 bridgehead atoms. The first kappa shape index (κ1) is 28.2. The predicted octanol–water partition coefficient (Wildman–Crippen LogP) is -2.12. The number of aromatic carboxylic acids is 1. The van der Waals surface area contributed by atoms with Gasteiger partial charge in [-0.25, -0.2) is 4.79 Å². The summed E-state index contributed by atoms with van der Waals surface area (Å²) in [5.74, 6) is -1.57. The van der Waals surface area contributed by atoms with Crippen LogP contribution in [0.2, 0.25) is 0 Å². The molecule has 0 aliphatic heterocycles. The third-order valence-electron chi connectivity index (χ3n) is 5.92. The van der Waals surface area contributed by atoms with Crippen LogP contribution in [0.1, 0.15) is 82.3 Å². The fourth-order valence-corrected chi connectivity index (χ4v) is 3.68. The first-order valence-electron chi connectivity index (χ1n) is 11.1. The summed E-state index contributed by atoms with van der Waals surface area (Å²) in [6.07, 6.45) is 10.0. The van der Waals surface area contributed by atoms with E-state index in [1.165, 1.54) is 36.6 Å². The summed E-state index contributed by atoms with van der Waals surface area (Å²) in [6.45, 7) is 3.46. The van der Waals surface area contributed by atoms with Gasteiger partial charge < -0.3 is 20.4 Å². The molecule has 4 rings (SSSR count). The van der Waals surface area contributed by atoms with E-state index in [2.05, 4.69) is 10.2 Å². The number of amides is 1. The number of nitrogens with two attached hydrogens (primary N) is 1. The zero-order valence-electron chi connectivity index (χ0n) is 19.5. The van der Waals surface area contributed by atoms with Crippen molar-refractivity contribution < 1.29 is 75.6 Å². The fourth-order valence-electron chi connectivity index (χ4n) is 3.68. The van der Waals surface area contributed by atoms with E-state index in [4.69, 9.17) is 15.7 Å². The first-order chi connectivity index (χ1) is 15.8. The Kier molecular flexibility index (Phi) is 10.9. The second-order valence-electron chi connectivity index (χ2n) is 8.30. The van der Waals surface area contributed by atoms with Crippen LogP contribution in [0.4, 0.5) is 0 Å². The van der Waals surface area contributed by atoms with E-state index >= 15 is 0 Å². The van der Waals surface area contributed by atoms with E-state index in [9.17, 15) is 19.5 Å². The Balaban J connectivity index is 0.000000234. The average molecular weight is 495 g/mol. The molecule has 1 amide bonds. The van der Waals surface area contributed by atoms with Crippen molar-refractivity contribution in [1.82, 2.24) is 19.6 Å². The molecule has 0 aromatic carbocycles. The SMILES string of the molecule is CCOC(=O)c1cn(CC2CCC2)nc1C#N.NC(=O)c1nn(CC2CCC2)cc1C(=O)[O-].[K+]. The van der Waals surface area contributed by atoms with Crippen LogP contribution >= 0.6 is 0 Å². The number of nitriles is 1. The molecular weight excluding hydrogens is 467 g/mol. The molecule has 12 heteroatoms. The normalized spacial score (nSPS) is 14.9. The minimum Gasteiger partial charge on any atom is -0.545 e. The van der Waals surface area contributed by atoms with Crippen molar-refractivity contribution >= 4 is 17.8 Å². The van der Waals surface area contributed by atoms with E-state index in [-0.39, 0.29) is 73.9 Å². The number of hydrogen-bond acceptors (Lipinski definition) is 8. The minimum atomic E-state index is -1.42. The Morgan fingerprint density at radius 1 is 1.09 bits per heavy atom. The Hall–Kier alpha value is -2.04. The second-order valence-corrected chi connectivity index (χ2v) is 8.30. The molecule has 34 heavy (non-hydrogen) atoms. The van der Waals surface area contributed by atoms with Crippen LogP contribution in [0.5, 0.6) is 0 Å². The largest absolute Gasteiger partial charge is 1.00 e. The summed E-state index contributed by atoms with van der Waals surface area (Å²) < 4.78 is 8.04. The van der Waals surface area contributed by atoms with Gasteiger partial charge in [0.05, 0.1) is 12.6 Å². The minimum absolute atomic E-state index is 0. The van der Waals surface area contributed by atoms with E-state index in [0.29, 0.717) is 25.0 Å². The van der Waals surface area contributed by atoms with Crippen molar-refractivity contribution in [3.63, 3.8) is 0 Å². The quantitative estimate of drug-likeness (QED) is 0.321. The van der Waals surface area contributed by atoms with Gasteiger partial charge in [-0.05, 0) is 44.4 Å². The maximum absolute atomic E-state index is 11.6. The van der Waals surface area contributed by atoms with Gasteiger partial charge >= 0.3 is 57.4 Å². The van der Waals surface area contributed by atoms with Gasteiger partial charge in [0.2, 0.25) is 0 Å². The van der Waals surface area contributed by atoms with Gasteiger partial charge in [0.15, 0.2) is 11.4 Å². The van der Waals surface area contributed by atoms with Gasteiger partial charge in [0, 0.05) is 31.0 Å². The molecule has 0 saturated heterocycles. The second kappa shape index (κ2) is 13.2. The van der Waals surface area contributed by atoms with Gasteiger partial charge in [-0.1, -0.05) is 12.8 Å². The van der Waals surface area contributed by atoms with Crippen molar-refractivity contribution in [2.45, 2.75) is 58.5 Å². The summed E-state index contributed by atoms with van der Waals surface area (Å²) in [6, 6.07) is 1.93. The number of carboxylic acids is 1. The third kappa shape index (κ3) is 7.23. The van der Waals surface area contributed by atoms with Crippen LogP contribution in [-0.4, -0.2) is 44.0 Å². The summed E-state index contributed by atoms with van der Waals surface area (Å²) >= 11 is 0. The molecule has 0 radical (unpaired) electrons. The van der Waals surface area contributed by atoms with Crippen LogP contribution < -0.4 is 62.2 Å². The van der Waals surface area contributed by atoms with E-state index in [1.54, 1.807) is 17.8 Å². The number of carboxylic acid groups (broad SMARTS) is 1. The number of rotatable bonds is 8. The standard InChI is InChI=1S/C12H15N3O2.C10H13N3O3.K/c1-2-17-12(16)10-8-15(14-11(10)6-13)7-9-4-3-5-9;11-9(14)8-7(10(15)16)5-13(12-8)4-6-2-1-3-6;/h8-9H,2-5,7H2,1H3;5-6H,1-4H2,(H2,11,14)(H,15,16);/q;;+1/p-1. The molecule has 2 aliphatic carbocycles. The summed E-state index contributed by atoms with van der Waals surface area (Å²) in [5.41, 5.74) is 5.01. The van der Waals surface area contributed by atoms with Crippen molar-refractivity contribution in [3.8, 4) is 6.07 Å². The molecule has 2 aromatic heterocycles. The van der Waals surface area contributed by atoms with Gasteiger partial charge in [0.1, 0.15) is 11.6 Å². The topological polar surface area (TPSA) is 169 Å². The molecule has 2 aromatic rings. The number of ether oxygens (including phenoxy) is 1. The molecule has 2 heterocycles. The van der Waals surface area contributed by atoms with Crippen molar-refractivity contribution in [1.29, 1.82) is 5.26 Å². The first-order valence-corrected chi connectivity index (χ1v) is 11.1. The van der Waals surface area contributed by atoms with Crippen LogP contribution in [0, 0.1) is 23.2 Å². The summed E-state index contributed by atoms with van der Waals surface area (Å²) in [4.78, 5) is 33.3. The Bertz CT molecular complexity index is 1030. The number of nitrogens with zero attached hydrogens (tertiary/aromatic N) is 5. The Morgan fingerprint density at radius 2 is 1.62 bits per heavy atom.